The molecule has 0 unspecified atom stereocenters. The van der Waals surface area contributed by atoms with Crippen LogP contribution in [0.5, 0.6) is 0 Å². The molecule has 1 aliphatic heterocycles. The Morgan fingerprint density at radius 3 is 2.76 bits per heavy atom. The molecule has 7 nitrogen and oxygen atoms in total. The maximum atomic E-state index is 5.47. The molecule has 1 aromatic rings. The molecule has 1 saturated heterocycles. The van der Waals surface area contributed by atoms with Crippen molar-refractivity contribution in [1.82, 2.24) is 15.6 Å². The predicted octanol–water partition coefficient (Wildman–Crippen LogP) is 2.80. The number of hydrogen-bond donors (Lipinski definition) is 2. The highest BCUT2D eigenvalue weighted by atomic mass is 127. The Balaban J connectivity index is 0.00000300. The third-order valence-corrected chi connectivity index (χ3v) is 5.81. The number of methoxy groups -OCH3 is 1. The third kappa shape index (κ3) is 6.96. The first-order valence-electron chi connectivity index (χ1n) is 10.5. The van der Waals surface area contributed by atoms with Crippen molar-refractivity contribution in [2.75, 3.05) is 58.0 Å². The largest absolute Gasteiger partial charge is 0.385 e. The standard InChI is InChI=1S/C21H35N5O2.HI/c1-3-22-20(25-17-21(7-5-8-21)9-13-27-2)24-16-18-6-4-10-23-19(18)26-11-14-28-15-12-26;/h4,6,10H,3,5,7-9,11-17H2,1-2H3,(H2,22,24,25);1H. The molecule has 1 aromatic heterocycles. The van der Waals surface area contributed by atoms with Crippen LogP contribution >= 0.6 is 24.0 Å². The summed E-state index contributed by atoms with van der Waals surface area (Å²) in [4.78, 5) is 11.8. The summed E-state index contributed by atoms with van der Waals surface area (Å²) >= 11 is 0. The summed E-state index contributed by atoms with van der Waals surface area (Å²) in [6, 6.07) is 4.11. The van der Waals surface area contributed by atoms with Gasteiger partial charge in [0.15, 0.2) is 5.96 Å². The van der Waals surface area contributed by atoms with Crippen molar-refractivity contribution >= 4 is 35.8 Å². The molecule has 0 bridgehead atoms. The monoisotopic (exact) mass is 517 g/mol. The summed E-state index contributed by atoms with van der Waals surface area (Å²) in [5.41, 5.74) is 1.51. The SMILES string of the molecule is CCNC(=NCc1cccnc1N1CCOCC1)NCC1(CCOC)CCC1.I. The van der Waals surface area contributed by atoms with Crippen molar-refractivity contribution in [3.63, 3.8) is 0 Å². The number of aliphatic imine (C=N–C) groups is 1. The number of aromatic nitrogens is 1. The molecule has 1 aliphatic carbocycles. The second kappa shape index (κ2) is 12.5. The lowest BCUT2D eigenvalue weighted by Crippen LogP contribution is -2.47. The Kier molecular flexibility index (Phi) is 10.4. The summed E-state index contributed by atoms with van der Waals surface area (Å²) in [5.74, 6) is 1.91. The zero-order valence-electron chi connectivity index (χ0n) is 17.8. The Bertz CT molecular complexity index is 633. The number of nitrogens with zero attached hydrogens (tertiary/aromatic N) is 3. The van der Waals surface area contributed by atoms with Crippen LogP contribution in [0.4, 0.5) is 5.82 Å². The van der Waals surface area contributed by atoms with Gasteiger partial charge in [-0.3, -0.25) is 0 Å². The molecule has 164 valence electrons. The van der Waals surface area contributed by atoms with Crippen LogP contribution in [0.25, 0.3) is 0 Å². The molecule has 2 heterocycles. The lowest BCUT2D eigenvalue weighted by Gasteiger charge is -2.42. The lowest BCUT2D eigenvalue weighted by atomic mass is 9.67. The van der Waals surface area contributed by atoms with E-state index in [0.717, 1.165) is 69.8 Å². The van der Waals surface area contributed by atoms with E-state index in [1.807, 2.05) is 12.3 Å². The molecule has 8 heteroatoms. The van der Waals surface area contributed by atoms with Gasteiger partial charge in [-0.2, -0.15) is 0 Å². The molecule has 1 saturated carbocycles. The molecule has 3 rings (SSSR count). The predicted molar refractivity (Wildman–Crippen MR) is 128 cm³/mol. The summed E-state index contributed by atoms with van der Waals surface area (Å²) < 4.78 is 10.8. The highest BCUT2D eigenvalue weighted by molar-refractivity contribution is 14.0. The normalized spacial score (nSPS) is 18.6. The Hall–Kier alpha value is -1.13. The first-order chi connectivity index (χ1) is 13.8. The van der Waals surface area contributed by atoms with Gasteiger partial charge in [-0.15, -0.1) is 24.0 Å². The van der Waals surface area contributed by atoms with Gasteiger partial charge in [0.25, 0.3) is 0 Å². The minimum atomic E-state index is 0. The van der Waals surface area contributed by atoms with E-state index in [2.05, 4.69) is 33.5 Å². The van der Waals surface area contributed by atoms with E-state index in [9.17, 15) is 0 Å². The van der Waals surface area contributed by atoms with Crippen LogP contribution in [0.2, 0.25) is 0 Å². The van der Waals surface area contributed by atoms with Crippen LogP contribution < -0.4 is 15.5 Å². The minimum absolute atomic E-state index is 0. The fourth-order valence-electron chi connectivity index (χ4n) is 3.90. The highest BCUT2D eigenvalue weighted by Gasteiger charge is 2.36. The lowest BCUT2D eigenvalue weighted by molar-refractivity contribution is 0.0732. The van der Waals surface area contributed by atoms with Gasteiger partial charge in [-0.25, -0.2) is 9.98 Å². The number of pyridine rings is 1. The number of halogens is 1. The van der Waals surface area contributed by atoms with Gasteiger partial charge in [0.2, 0.25) is 0 Å². The van der Waals surface area contributed by atoms with Crippen molar-refractivity contribution in [2.45, 2.75) is 39.2 Å². The highest BCUT2D eigenvalue weighted by Crippen LogP contribution is 2.43. The number of anilines is 1. The van der Waals surface area contributed by atoms with Crippen LogP contribution in [0.3, 0.4) is 0 Å². The molecule has 0 spiro atoms. The van der Waals surface area contributed by atoms with Gasteiger partial charge >= 0.3 is 0 Å². The second-order valence-electron chi connectivity index (χ2n) is 7.73. The van der Waals surface area contributed by atoms with Crippen LogP contribution in [0.1, 0.15) is 38.2 Å². The first kappa shape index (κ1) is 24.1. The number of morpholine rings is 1. The van der Waals surface area contributed by atoms with Gasteiger partial charge in [0.05, 0.1) is 19.8 Å². The molecular formula is C21H36IN5O2. The molecule has 0 amide bonds. The van der Waals surface area contributed by atoms with Gasteiger partial charge < -0.3 is 25.0 Å². The van der Waals surface area contributed by atoms with Crippen LogP contribution in [-0.4, -0.2) is 64.1 Å². The molecule has 2 N–H and O–H groups in total. The fraction of sp³-hybridized carbons (Fsp3) is 0.714. The van der Waals surface area contributed by atoms with E-state index >= 15 is 0 Å². The topological polar surface area (TPSA) is 71.0 Å². The minimum Gasteiger partial charge on any atom is -0.385 e. The van der Waals surface area contributed by atoms with Crippen LogP contribution in [0.15, 0.2) is 23.3 Å². The molecular weight excluding hydrogens is 481 g/mol. The quantitative estimate of drug-likeness (QED) is 0.298. The summed E-state index contributed by atoms with van der Waals surface area (Å²) in [7, 11) is 1.78. The summed E-state index contributed by atoms with van der Waals surface area (Å²) in [6.45, 7) is 8.62. The van der Waals surface area contributed by atoms with Crippen LogP contribution in [-0.2, 0) is 16.0 Å². The van der Waals surface area contributed by atoms with E-state index in [-0.39, 0.29) is 24.0 Å². The van der Waals surface area contributed by atoms with Crippen molar-refractivity contribution in [3.8, 4) is 0 Å². The van der Waals surface area contributed by atoms with Crippen molar-refractivity contribution < 1.29 is 9.47 Å². The van der Waals surface area contributed by atoms with Crippen LogP contribution in [0, 0.1) is 5.41 Å². The summed E-state index contributed by atoms with van der Waals surface area (Å²) in [5, 5.41) is 6.95. The molecule has 0 atom stereocenters. The van der Waals surface area contributed by atoms with Gasteiger partial charge in [-0.05, 0) is 37.7 Å². The number of guanidine groups is 1. The van der Waals surface area contributed by atoms with Crippen molar-refractivity contribution in [1.29, 1.82) is 0 Å². The molecule has 29 heavy (non-hydrogen) atoms. The maximum absolute atomic E-state index is 5.47. The van der Waals surface area contributed by atoms with E-state index < -0.39 is 0 Å². The molecule has 0 aromatic carbocycles. The molecule has 2 fully saturated rings. The fourth-order valence-corrected chi connectivity index (χ4v) is 3.90. The van der Waals surface area contributed by atoms with E-state index in [1.54, 1.807) is 7.11 Å². The van der Waals surface area contributed by atoms with Gasteiger partial charge in [-0.1, -0.05) is 12.5 Å². The van der Waals surface area contributed by atoms with E-state index in [0.29, 0.717) is 12.0 Å². The smallest absolute Gasteiger partial charge is 0.191 e. The number of nitrogens with one attached hydrogen (secondary N) is 2. The number of rotatable bonds is 9. The summed E-state index contributed by atoms with van der Waals surface area (Å²) in [6.07, 6.45) is 6.83. The first-order valence-corrected chi connectivity index (χ1v) is 10.5. The average Bonchev–Trinajstić information content (AvgIpc) is 2.71. The van der Waals surface area contributed by atoms with Gasteiger partial charge in [0, 0.05) is 51.7 Å². The Morgan fingerprint density at radius 2 is 2.10 bits per heavy atom. The third-order valence-electron chi connectivity index (χ3n) is 5.81. The number of hydrogen-bond acceptors (Lipinski definition) is 5. The Labute approximate surface area is 192 Å². The van der Waals surface area contributed by atoms with Crippen molar-refractivity contribution in [2.24, 2.45) is 10.4 Å². The zero-order chi connectivity index (χ0) is 19.7. The maximum Gasteiger partial charge on any atom is 0.191 e. The second-order valence-corrected chi connectivity index (χ2v) is 7.73. The van der Waals surface area contributed by atoms with Crippen molar-refractivity contribution in [3.05, 3.63) is 23.9 Å². The van der Waals surface area contributed by atoms with E-state index in [1.165, 1.54) is 19.3 Å². The average molecular weight is 517 g/mol. The number of ether oxygens (including phenoxy) is 2. The zero-order valence-corrected chi connectivity index (χ0v) is 20.1. The molecule has 0 radical (unpaired) electrons. The van der Waals surface area contributed by atoms with Gasteiger partial charge in [0.1, 0.15) is 5.82 Å². The molecule has 2 aliphatic rings. The Morgan fingerprint density at radius 1 is 1.31 bits per heavy atom. The van der Waals surface area contributed by atoms with E-state index in [4.69, 9.17) is 14.5 Å².